The molecule has 4 bridgehead atoms. The van der Waals surface area contributed by atoms with Gasteiger partial charge < -0.3 is 9.47 Å². The fraction of sp³-hybridized carbons (Fsp3) is 0.742. The Labute approximate surface area is 222 Å². The maximum Gasteiger partial charge on any atom is 0.206 e. The lowest BCUT2D eigenvalue weighted by Crippen LogP contribution is -2.58. The highest BCUT2D eigenvalue weighted by atomic mass is 16.1. The van der Waals surface area contributed by atoms with Gasteiger partial charge in [-0.25, -0.2) is 4.98 Å². The minimum Gasteiger partial charge on any atom is -0.340 e. The molecule has 2 aliphatic carbocycles. The molecule has 4 heterocycles. The molecule has 0 spiro atoms. The zero-order valence-corrected chi connectivity index (χ0v) is 22.7. The van der Waals surface area contributed by atoms with Crippen molar-refractivity contribution in [3.05, 3.63) is 24.3 Å². The Bertz CT molecular complexity index is 1090. The van der Waals surface area contributed by atoms with E-state index in [0.29, 0.717) is 12.6 Å². The van der Waals surface area contributed by atoms with Gasteiger partial charge in [-0.15, -0.1) is 0 Å². The number of hydrogen-bond donors (Lipinski definition) is 0. The summed E-state index contributed by atoms with van der Waals surface area (Å²) in [5.74, 6) is 3.44. The first-order valence-corrected chi connectivity index (χ1v) is 15.3. The van der Waals surface area contributed by atoms with Crippen molar-refractivity contribution in [2.45, 2.75) is 102 Å². The average molecular weight is 504 g/mol. The Morgan fingerprint density at radius 1 is 0.811 bits per heavy atom. The summed E-state index contributed by atoms with van der Waals surface area (Å²) in [6.07, 6.45) is 15.6. The van der Waals surface area contributed by atoms with E-state index in [1.807, 2.05) is 0 Å². The van der Waals surface area contributed by atoms with E-state index in [4.69, 9.17) is 4.98 Å². The minimum absolute atomic E-state index is 0.264. The summed E-state index contributed by atoms with van der Waals surface area (Å²) in [4.78, 5) is 24.8. The van der Waals surface area contributed by atoms with Gasteiger partial charge in [-0.1, -0.05) is 37.8 Å². The van der Waals surface area contributed by atoms with E-state index in [1.54, 1.807) is 6.92 Å². The molecule has 6 heteroatoms. The number of benzene rings is 1. The molecule has 5 fully saturated rings. The number of imidazole rings is 1. The second-order valence-corrected chi connectivity index (χ2v) is 13.1. The highest BCUT2D eigenvalue weighted by molar-refractivity contribution is 5.79. The second-order valence-electron chi connectivity index (χ2n) is 13.1. The van der Waals surface area contributed by atoms with Gasteiger partial charge in [0.2, 0.25) is 5.95 Å². The third-order valence-electron chi connectivity index (χ3n) is 10.6. The molecule has 7 rings (SSSR count). The van der Waals surface area contributed by atoms with E-state index in [-0.39, 0.29) is 5.78 Å². The zero-order chi connectivity index (χ0) is 24.9. The van der Waals surface area contributed by atoms with Crippen LogP contribution in [0.25, 0.3) is 11.0 Å². The van der Waals surface area contributed by atoms with Crippen molar-refractivity contribution in [3.8, 4) is 0 Å². The molecular formula is C31H45N5O. The molecule has 6 atom stereocenters. The number of aromatic nitrogens is 2. The second kappa shape index (κ2) is 10.00. The van der Waals surface area contributed by atoms with Crippen molar-refractivity contribution in [1.82, 2.24) is 19.4 Å². The first-order valence-electron chi connectivity index (χ1n) is 15.3. The van der Waals surface area contributed by atoms with Crippen molar-refractivity contribution < 1.29 is 4.79 Å². The molecule has 3 aliphatic heterocycles. The van der Waals surface area contributed by atoms with Crippen LogP contribution in [-0.4, -0.2) is 76.0 Å². The van der Waals surface area contributed by atoms with Crippen molar-refractivity contribution in [1.29, 1.82) is 0 Å². The minimum atomic E-state index is 0.264. The van der Waals surface area contributed by atoms with Crippen LogP contribution in [0.3, 0.4) is 0 Å². The molecule has 1 aromatic heterocycles. The number of nitrogens with zero attached hydrogens (tertiary/aromatic N) is 5. The quantitative estimate of drug-likeness (QED) is 0.556. The first kappa shape index (κ1) is 24.1. The van der Waals surface area contributed by atoms with Gasteiger partial charge in [0.1, 0.15) is 5.78 Å². The highest BCUT2D eigenvalue weighted by Gasteiger charge is 2.45. The maximum absolute atomic E-state index is 11.7. The molecule has 2 saturated carbocycles. The summed E-state index contributed by atoms with van der Waals surface area (Å²) in [7, 11) is 0. The molecule has 5 aliphatic rings. The zero-order valence-electron chi connectivity index (χ0n) is 22.7. The summed E-state index contributed by atoms with van der Waals surface area (Å²) in [5.41, 5.74) is 2.45. The van der Waals surface area contributed by atoms with E-state index in [2.05, 4.69) is 43.5 Å². The van der Waals surface area contributed by atoms with Crippen LogP contribution in [0.4, 0.5) is 5.95 Å². The lowest BCUT2D eigenvalue weighted by Gasteiger charge is -2.55. The molecule has 37 heavy (non-hydrogen) atoms. The number of rotatable bonds is 5. The lowest BCUT2D eigenvalue weighted by molar-refractivity contribution is -0.118. The molecule has 0 unspecified atom stereocenters. The molecule has 3 saturated heterocycles. The first-order chi connectivity index (χ1) is 18.1. The number of piperazine rings is 1. The SMILES string of the molecule is CC(=O)CN1CCN(c2nc3ccccc3n2[C@H]2C[C@H]3CCC[C@@H](C2)N3[C@H]2C[C@@H]3CCC[C@@H](C3)C2)CC1. The number of piperidine rings is 2. The van der Waals surface area contributed by atoms with E-state index in [1.165, 1.54) is 82.1 Å². The predicted octanol–water partition coefficient (Wildman–Crippen LogP) is 5.27. The van der Waals surface area contributed by atoms with Gasteiger partial charge in [-0.3, -0.25) is 14.6 Å². The van der Waals surface area contributed by atoms with Crippen LogP contribution in [-0.2, 0) is 4.79 Å². The van der Waals surface area contributed by atoms with Crippen LogP contribution >= 0.6 is 0 Å². The number of carbonyl (C=O) groups excluding carboxylic acids is 1. The fourth-order valence-electron chi connectivity index (χ4n) is 9.17. The molecule has 0 amide bonds. The van der Waals surface area contributed by atoms with Crippen LogP contribution in [0, 0.1) is 11.8 Å². The third kappa shape index (κ3) is 4.63. The van der Waals surface area contributed by atoms with Crippen LogP contribution in [0.1, 0.15) is 83.6 Å². The number of carbonyl (C=O) groups is 1. The molecular weight excluding hydrogens is 458 g/mol. The van der Waals surface area contributed by atoms with Crippen LogP contribution in [0.15, 0.2) is 24.3 Å². The van der Waals surface area contributed by atoms with E-state index >= 15 is 0 Å². The van der Waals surface area contributed by atoms with Gasteiger partial charge in [0.05, 0.1) is 17.6 Å². The summed E-state index contributed by atoms with van der Waals surface area (Å²) >= 11 is 0. The largest absolute Gasteiger partial charge is 0.340 e. The summed E-state index contributed by atoms with van der Waals surface area (Å²) in [5, 5.41) is 0. The number of ketones is 1. The Morgan fingerprint density at radius 2 is 1.49 bits per heavy atom. The smallest absolute Gasteiger partial charge is 0.206 e. The topological polar surface area (TPSA) is 44.6 Å². The van der Waals surface area contributed by atoms with Crippen molar-refractivity contribution in [2.75, 3.05) is 37.6 Å². The molecule has 0 radical (unpaired) electrons. The van der Waals surface area contributed by atoms with Crippen LogP contribution < -0.4 is 4.90 Å². The molecule has 2 aromatic rings. The number of anilines is 1. The normalized spacial score (nSPS) is 35.1. The van der Waals surface area contributed by atoms with E-state index in [9.17, 15) is 4.79 Å². The summed E-state index contributed by atoms with van der Waals surface area (Å²) in [6, 6.07) is 11.7. The Morgan fingerprint density at radius 3 is 2.19 bits per heavy atom. The monoisotopic (exact) mass is 503 g/mol. The molecule has 200 valence electrons. The molecule has 1 aromatic carbocycles. The Kier molecular flexibility index (Phi) is 6.52. The average Bonchev–Trinajstić information content (AvgIpc) is 3.27. The molecule has 0 N–H and O–H groups in total. The Hall–Kier alpha value is -1.92. The number of hydrogen-bond acceptors (Lipinski definition) is 5. The standard InChI is InChI=1S/C31H45N5O/c1-22(37)21-33-12-14-34(15-13-33)31-32-29-10-2-3-11-30(29)36(31)28-19-25-8-5-9-26(20-28)35(25)27-17-23-6-4-7-24(16-23)18-27/h2-3,10-11,23-28H,4-9,12-21H2,1H3/t23-,24+,25-,26+,27+,28+. The van der Waals surface area contributed by atoms with Crippen molar-refractivity contribution in [2.24, 2.45) is 11.8 Å². The van der Waals surface area contributed by atoms with Gasteiger partial charge in [-0.05, 0) is 75.8 Å². The number of fused-ring (bicyclic) bond motifs is 5. The lowest BCUT2D eigenvalue weighted by atomic mass is 9.68. The Balaban J connectivity index is 1.15. The van der Waals surface area contributed by atoms with Gasteiger partial charge in [-0.2, -0.15) is 0 Å². The van der Waals surface area contributed by atoms with Gasteiger partial charge >= 0.3 is 0 Å². The van der Waals surface area contributed by atoms with Crippen molar-refractivity contribution >= 4 is 22.8 Å². The molecule has 6 nitrogen and oxygen atoms in total. The fourth-order valence-corrected chi connectivity index (χ4v) is 9.17. The maximum atomic E-state index is 11.7. The number of para-hydroxylation sites is 2. The number of Topliss-reactive ketones (excluding diaryl/α,β-unsaturated/α-hetero) is 1. The highest BCUT2D eigenvalue weighted by Crippen LogP contribution is 2.48. The van der Waals surface area contributed by atoms with E-state index in [0.717, 1.165) is 61.7 Å². The summed E-state index contributed by atoms with van der Waals surface area (Å²) < 4.78 is 2.65. The predicted molar refractivity (Wildman–Crippen MR) is 149 cm³/mol. The third-order valence-corrected chi connectivity index (χ3v) is 10.6. The van der Waals surface area contributed by atoms with Crippen LogP contribution in [0.2, 0.25) is 0 Å². The van der Waals surface area contributed by atoms with E-state index < -0.39 is 0 Å². The van der Waals surface area contributed by atoms with Gasteiger partial charge in [0.15, 0.2) is 0 Å². The van der Waals surface area contributed by atoms with Gasteiger partial charge in [0, 0.05) is 50.3 Å². The summed E-state index contributed by atoms with van der Waals surface area (Å²) in [6.45, 7) is 6.07. The van der Waals surface area contributed by atoms with Gasteiger partial charge in [0.25, 0.3) is 0 Å². The van der Waals surface area contributed by atoms with Crippen molar-refractivity contribution in [3.63, 3.8) is 0 Å². The van der Waals surface area contributed by atoms with Crippen LogP contribution in [0.5, 0.6) is 0 Å².